The summed E-state index contributed by atoms with van der Waals surface area (Å²) < 4.78 is 0. The molecule has 0 aromatic rings. The number of carbonyl (C=O) groups excluding carboxylic acids is 1. The zero-order valence-electron chi connectivity index (χ0n) is 10.8. The second-order valence-electron chi connectivity index (χ2n) is 7.11. The molecular formula is C15H18N2O. The van der Waals surface area contributed by atoms with E-state index in [1.807, 2.05) is 12.1 Å². The first-order valence-corrected chi connectivity index (χ1v) is 6.84. The van der Waals surface area contributed by atoms with Gasteiger partial charge in [0.2, 0.25) is 0 Å². The van der Waals surface area contributed by atoms with Crippen molar-refractivity contribution >= 4 is 5.78 Å². The molecule has 0 aromatic carbocycles. The number of carbonyl (C=O) groups is 1. The van der Waals surface area contributed by atoms with Crippen molar-refractivity contribution in [3.05, 3.63) is 0 Å². The molecule has 4 saturated carbocycles. The number of rotatable bonds is 2. The molecule has 3 nitrogen and oxygen atoms in total. The minimum atomic E-state index is -1.05. The van der Waals surface area contributed by atoms with Crippen molar-refractivity contribution in [1.82, 2.24) is 0 Å². The van der Waals surface area contributed by atoms with Crippen LogP contribution in [0.1, 0.15) is 45.4 Å². The van der Waals surface area contributed by atoms with Gasteiger partial charge in [0, 0.05) is 5.41 Å². The van der Waals surface area contributed by atoms with E-state index in [1.54, 1.807) is 0 Å². The molecule has 4 bridgehead atoms. The Hall–Kier alpha value is -1.35. The van der Waals surface area contributed by atoms with Gasteiger partial charge in [0.15, 0.2) is 11.7 Å². The predicted octanol–water partition coefficient (Wildman–Crippen LogP) is 2.83. The van der Waals surface area contributed by atoms with Gasteiger partial charge in [-0.15, -0.1) is 0 Å². The number of Topliss-reactive ketones (excluding diaryl/α,β-unsaturated/α-hetero) is 1. The van der Waals surface area contributed by atoms with E-state index in [2.05, 4.69) is 6.92 Å². The Kier molecular flexibility index (Phi) is 2.33. The molecule has 0 saturated heterocycles. The first-order valence-electron chi connectivity index (χ1n) is 6.84. The minimum absolute atomic E-state index is 0.0761. The van der Waals surface area contributed by atoms with Crippen molar-refractivity contribution < 1.29 is 4.79 Å². The lowest BCUT2D eigenvalue weighted by Crippen LogP contribution is -2.55. The summed E-state index contributed by atoms with van der Waals surface area (Å²) in [5.41, 5.74) is -0.0514. The molecule has 0 aromatic heterocycles. The lowest BCUT2D eigenvalue weighted by atomic mass is 9.43. The van der Waals surface area contributed by atoms with Gasteiger partial charge in [-0.25, -0.2) is 0 Å². The molecule has 4 fully saturated rings. The lowest BCUT2D eigenvalue weighted by molar-refractivity contribution is -0.154. The van der Waals surface area contributed by atoms with Gasteiger partial charge in [-0.2, -0.15) is 10.5 Å². The molecule has 0 amide bonds. The van der Waals surface area contributed by atoms with Crippen LogP contribution in [0.5, 0.6) is 0 Å². The van der Waals surface area contributed by atoms with Crippen molar-refractivity contribution in [2.45, 2.75) is 45.4 Å². The first kappa shape index (κ1) is 11.7. The van der Waals surface area contributed by atoms with E-state index in [9.17, 15) is 4.79 Å². The highest BCUT2D eigenvalue weighted by Gasteiger charge is 2.59. The Morgan fingerprint density at radius 3 is 2.17 bits per heavy atom. The van der Waals surface area contributed by atoms with Gasteiger partial charge in [0.1, 0.15) is 0 Å². The average Bonchev–Trinajstić information content (AvgIpc) is 2.27. The summed E-state index contributed by atoms with van der Waals surface area (Å²) in [4.78, 5) is 12.6. The van der Waals surface area contributed by atoms with E-state index in [0.29, 0.717) is 11.8 Å². The summed E-state index contributed by atoms with van der Waals surface area (Å²) in [6.07, 6.45) is 6.50. The molecule has 4 aliphatic carbocycles. The summed E-state index contributed by atoms with van der Waals surface area (Å²) in [5.74, 6) is 0.175. The molecule has 0 spiro atoms. The highest BCUT2D eigenvalue weighted by molar-refractivity contribution is 5.91. The molecule has 0 aliphatic heterocycles. The van der Waals surface area contributed by atoms with Crippen LogP contribution in [-0.4, -0.2) is 5.78 Å². The van der Waals surface area contributed by atoms with Gasteiger partial charge in [0.05, 0.1) is 12.1 Å². The molecule has 0 N–H and O–H groups in total. The Labute approximate surface area is 108 Å². The Bertz CT molecular complexity index is 454. The lowest BCUT2D eigenvalue weighted by Gasteiger charge is -2.60. The molecule has 3 heteroatoms. The van der Waals surface area contributed by atoms with Crippen molar-refractivity contribution in [3.63, 3.8) is 0 Å². The van der Waals surface area contributed by atoms with Crippen molar-refractivity contribution in [3.8, 4) is 12.1 Å². The second-order valence-corrected chi connectivity index (χ2v) is 7.11. The predicted molar refractivity (Wildman–Crippen MR) is 64.9 cm³/mol. The maximum Gasteiger partial charge on any atom is 0.191 e. The summed E-state index contributed by atoms with van der Waals surface area (Å²) in [7, 11) is 0. The number of nitrogens with zero attached hydrogens (tertiary/aromatic N) is 2. The van der Waals surface area contributed by atoms with Crippen LogP contribution in [0.4, 0.5) is 0 Å². The van der Waals surface area contributed by atoms with Crippen LogP contribution in [0, 0.1) is 51.2 Å². The Morgan fingerprint density at radius 2 is 1.72 bits per heavy atom. The van der Waals surface area contributed by atoms with Gasteiger partial charge in [0.25, 0.3) is 0 Å². The maximum atomic E-state index is 12.6. The second kappa shape index (κ2) is 3.58. The highest BCUT2D eigenvalue weighted by Crippen LogP contribution is 2.65. The summed E-state index contributed by atoms with van der Waals surface area (Å²) >= 11 is 0. The van der Waals surface area contributed by atoms with Crippen molar-refractivity contribution in [2.24, 2.45) is 28.6 Å². The quantitative estimate of drug-likeness (QED) is 0.747. The molecule has 2 unspecified atom stereocenters. The zero-order chi connectivity index (χ0) is 13.0. The average molecular weight is 242 g/mol. The molecule has 94 valence electrons. The van der Waals surface area contributed by atoms with Crippen LogP contribution in [-0.2, 0) is 4.79 Å². The van der Waals surface area contributed by atoms with Gasteiger partial charge in [-0.3, -0.25) is 4.79 Å². The van der Waals surface area contributed by atoms with Crippen molar-refractivity contribution in [1.29, 1.82) is 10.5 Å². The molecule has 0 heterocycles. The van der Waals surface area contributed by atoms with E-state index in [0.717, 1.165) is 19.3 Å². The summed E-state index contributed by atoms with van der Waals surface area (Å²) in [5, 5.41) is 17.9. The molecular weight excluding hydrogens is 224 g/mol. The summed E-state index contributed by atoms with van der Waals surface area (Å²) in [6, 6.07) is 3.76. The van der Waals surface area contributed by atoms with E-state index >= 15 is 0 Å². The number of ketones is 1. The third-order valence-electron chi connectivity index (χ3n) is 5.40. The number of hydrogen-bond acceptors (Lipinski definition) is 3. The first-order chi connectivity index (χ1) is 8.50. The third-order valence-corrected chi connectivity index (χ3v) is 5.40. The molecule has 4 rings (SSSR count). The van der Waals surface area contributed by atoms with Crippen molar-refractivity contribution in [2.75, 3.05) is 0 Å². The Morgan fingerprint density at radius 1 is 1.17 bits per heavy atom. The summed E-state index contributed by atoms with van der Waals surface area (Å²) in [6.45, 7) is 2.29. The van der Waals surface area contributed by atoms with Crippen LogP contribution in [0.3, 0.4) is 0 Å². The highest BCUT2D eigenvalue weighted by atomic mass is 16.1. The largest absolute Gasteiger partial charge is 0.296 e. The topological polar surface area (TPSA) is 64.7 Å². The molecule has 18 heavy (non-hydrogen) atoms. The number of nitriles is 2. The maximum absolute atomic E-state index is 12.6. The fraction of sp³-hybridized carbons (Fsp3) is 0.800. The fourth-order valence-electron chi connectivity index (χ4n) is 5.46. The third kappa shape index (κ3) is 1.50. The van der Waals surface area contributed by atoms with Crippen LogP contribution in [0.25, 0.3) is 0 Å². The van der Waals surface area contributed by atoms with Gasteiger partial charge < -0.3 is 0 Å². The van der Waals surface area contributed by atoms with Gasteiger partial charge in [-0.1, -0.05) is 6.92 Å². The molecule has 0 radical (unpaired) electrons. The Balaban J connectivity index is 1.95. The van der Waals surface area contributed by atoms with E-state index in [1.165, 1.54) is 19.3 Å². The normalized spacial score (nSPS) is 44.7. The smallest absolute Gasteiger partial charge is 0.191 e. The van der Waals surface area contributed by atoms with E-state index < -0.39 is 5.92 Å². The van der Waals surface area contributed by atoms with E-state index in [4.69, 9.17) is 10.5 Å². The number of hydrogen-bond donors (Lipinski definition) is 0. The van der Waals surface area contributed by atoms with Gasteiger partial charge >= 0.3 is 0 Å². The minimum Gasteiger partial charge on any atom is -0.296 e. The monoisotopic (exact) mass is 242 g/mol. The van der Waals surface area contributed by atoms with Crippen LogP contribution < -0.4 is 0 Å². The van der Waals surface area contributed by atoms with Crippen LogP contribution in [0.15, 0.2) is 0 Å². The fourth-order valence-corrected chi connectivity index (χ4v) is 5.46. The molecule has 2 atom stereocenters. The van der Waals surface area contributed by atoms with E-state index in [-0.39, 0.29) is 16.6 Å². The molecule has 4 aliphatic rings. The van der Waals surface area contributed by atoms with Gasteiger partial charge in [-0.05, 0) is 55.8 Å². The standard InChI is InChI=1S/C15H18N2O/c1-14-3-10-2-11(4-14)6-15(5-10,9-14)13(18)12(7-16)8-17/h10-12H,2-6,9H2,1H3. The van der Waals surface area contributed by atoms with Crippen LogP contribution in [0.2, 0.25) is 0 Å². The SMILES string of the molecule is CC12CC3CC(C1)CC(C(=O)C(C#N)C#N)(C3)C2. The van der Waals surface area contributed by atoms with Crippen LogP contribution >= 0.6 is 0 Å². The zero-order valence-corrected chi connectivity index (χ0v) is 10.8.